The van der Waals surface area contributed by atoms with E-state index in [2.05, 4.69) is 5.32 Å². The number of anilines is 1. The van der Waals surface area contributed by atoms with Crippen molar-refractivity contribution in [2.45, 2.75) is 24.0 Å². The second-order valence-corrected chi connectivity index (χ2v) is 5.84. The quantitative estimate of drug-likeness (QED) is 0.861. The third kappa shape index (κ3) is 2.46. The number of aromatic carboxylic acids is 1. The summed E-state index contributed by atoms with van der Waals surface area (Å²) < 4.78 is 13.8. The molecule has 1 fully saturated rings. The number of rotatable bonds is 5. The Morgan fingerprint density at radius 1 is 1.56 bits per heavy atom. The van der Waals surface area contributed by atoms with E-state index in [1.165, 1.54) is 24.6 Å². The van der Waals surface area contributed by atoms with Gasteiger partial charge in [0.25, 0.3) is 0 Å². The second-order valence-electron chi connectivity index (χ2n) is 4.56. The summed E-state index contributed by atoms with van der Waals surface area (Å²) in [6.07, 6.45) is 5.42. The molecule has 2 N–H and O–H groups in total. The summed E-state index contributed by atoms with van der Waals surface area (Å²) in [5, 5.41) is 12.0. The molecule has 98 valence electrons. The van der Waals surface area contributed by atoms with Gasteiger partial charge in [-0.2, -0.15) is 11.8 Å². The van der Waals surface area contributed by atoms with Crippen LogP contribution in [-0.2, 0) is 0 Å². The van der Waals surface area contributed by atoms with Crippen LogP contribution in [0, 0.1) is 5.82 Å². The van der Waals surface area contributed by atoms with Crippen LogP contribution < -0.4 is 5.32 Å². The number of carbonyl (C=O) groups is 1. The van der Waals surface area contributed by atoms with Crippen molar-refractivity contribution in [3.63, 3.8) is 0 Å². The molecule has 0 radical (unpaired) electrons. The minimum Gasteiger partial charge on any atom is -0.478 e. The van der Waals surface area contributed by atoms with Gasteiger partial charge in [0.05, 0.1) is 11.3 Å². The lowest BCUT2D eigenvalue weighted by molar-refractivity contribution is 0.0697. The third-order valence-electron chi connectivity index (χ3n) is 3.53. The zero-order valence-electron chi connectivity index (χ0n) is 10.2. The first kappa shape index (κ1) is 13.2. The van der Waals surface area contributed by atoms with Gasteiger partial charge in [-0.3, -0.25) is 0 Å². The minimum atomic E-state index is -1.11. The maximum atomic E-state index is 13.7. The molecule has 18 heavy (non-hydrogen) atoms. The van der Waals surface area contributed by atoms with Crippen LogP contribution in [0.1, 0.15) is 29.6 Å². The SMILES string of the molecule is CSC1(CNc2c(F)cccc2C(=O)O)CCC1. The molecule has 0 spiro atoms. The van der Waals surface area contributed by atoms with Crippen molar-refractivity contribution in [1.82, 2.24) is 0 Å². The van der Waals surface area contributed by atoms with Gasteiger partial charge in [0.2, 0.25) is 0 Å². The van der Waals surface area contributed by atoms with E-state index in [0.717, 1.165) is 12.8 Å². The Balaban J connectivity index is 2.15. The molecule has 0 bridgehead atoms. The van der Waals surface area contributed by atoms with Crippen molar-refractivity contribution >= 4 is 23.4 Å². The Bertz CT molecular complexity index is 455. The highest BCUT2D eigenvalue weighted by Crippen LogP contribution is 2.43. The molecule has 0 aliphatic heterocycles. The highest BCUT2D eigenvalue weighted by atomic mass is 32.2. The first-order valence-corrected chi connectivity index (χ1v) is 7.11. The molecule has 1 aromatic rings. The molecule has 0 amide bonds. The largest absolute Gasteiger partial charge is 0.478 e. The molecular weight excluding hydrogens is 253 g/mol. The van der Waals surface area contributed by atoms with E-state index < -0.39 is 11.8 Å². The Morgan fingerprint density at radius 3 is 2.78 bits per heavy atom. The summed E-state index contributed by atoms with van der Waals surface area (Å²) >= 11 is 1.77. The summed E-state index contributed by atoms with van der Waals surface area (Å²) in [5.74, 6) is -1.62. The summed E-state index contributed by atoms with van der Waals surface area (Å²) in [6.45, 7) is 0.607. The van der Waals surface area contributed by atoms with Crippen molar-refractivity contribution in [3.8, 4) is 0 Å². The predicted molar refractivity (Wildman–Crippen MR) is 71.9 cm³/mol. The van der Waals surface area contributed by atoms with Crippen LogP contribution in [0.15, 0.2) is 18.2 Å². The average Bonchev–Trinajstić information content (AvgIpc) is 2.29. The van der Waals surface area contributed by atoms with Gasteiger partial charge in [0.1, 0.15) is 5.82 Å². The van der Waals surface area contributed by atoms with E-state index in [1.807, 2.05) is 6.26 Å². The fraction of sp³-hybridized carbons (Fsp3) is 0.462. The molecule has 5 heteroatoms. The van der Waals surface area contributed by atoms with Gasteiger partial charge >= 0.3 is 5.97 Å². The van der Waals surface area contributed by atoms with Crippen LogP contribution in [0.5, 0.6) is 0 Å². The number of carboxylic acids is 1. The topological polar surface area (TPSA) is 49.3 Å². The van der Waals surface area contributed by atoms with E-state index in [-0.39, 0.29) is 16.0 Å². The van der Waals surface area contributed by atoms with Crippen LogP contribution in [0.4, 0.5) is 10.1 Å². The fourth-order valence-corrected chi connectivity index (χ4v) is 3.07. The minimum absolute atomic E-state index is 0.00873. The molecule has 0 atom stereocenters. The molecular formula is C13H16FNO2S. The number of hydrogen-bond acceptors (Lipinski definition) is 3. The Labute approximate surface area is 110 Å². The molecule has 0 unspecified atom stereocenters. The van der Waals surface area contributed by atoms with Crippen LogP contribution in [-0.4, -0.2) is 28.6 Å². The highest BCUT2D eigenvalue weighted by Gasteiger charge is 2.36. The molecule has 1 aromatic carbocycles. The molecule has 3 nitrogen and oxygen atoms in total. The number of thioether (sulfide) groups is 1. The standard InChI is InChI=1S/C13H16FNO2S/c1-18-13(6-3-7-13)8-15-11-9(12(16)17)4-2-5-10(11)14/h2,4-5,15H,3,6-8H2,1H3,(H,16,17). The van der Waals surface area contributed by atoms with Crippen molar-refractivity contribution in [2.75, 3.05) is 18.1 Å². The fourth-order valence-electron chi connectivity index (χ4n) is 2.16. The van der Waals surface area contributed by atoms with E-state index in [4.69, 9.17) is 5.11 Å². The molecule has 2 rings (SSSR count). The number of para-hydroxylation sites is 1. The van der Waals surface area contributed by atoms with Crippen molar-refractivity contribution in [1.29, 1.82) is 0 Å². The van der Waals surface area contributed by atoms with Gasteiger partial charge in [-0.1, -0.05) is 12.5 Å². The van der Waals surface area contributed by atoms with E-state index in [9.17, 15) is 9.18 Å². The maximum absolute atomic E-state index is 13.7. The number of nitrogens with one attached hydrogen (secondary N) is 1. The second kappa shape index (κ2) is 5.18. The van der Waals surface area contributed by atoms with E-state index >= 15 is 0 Å². The van der Waals surface area contributed by atoms with Crippen LogP contribution in [0.3, 0.4) is 0 Å². The molecule has 1 saturated carbocycles. The number of hydrogen-bond donors (Lipinski definition) is 2. The number of benzene rings is 1. The summed E-state index contributed by atoms with van der Waals surface area (Å²) in [5.41, 5.74) is 0.0934. The summed E-state index contributed by atoms with van der Waals surface area (Å²) in [6, 6.07) is 4.11. The molecule has 1 aliphatic rings. The molecule has 0 heterocycles. The first-order chi connectivity index (χ1) is 8.58. The van der Waals surface area contributed by atoms with Gasteiger partial charge in [-0.05, 0) is 31.2 Å². The Morgan fingerprint density at radius 2 is 2.28 bits per heavy atom. The van der Waals surface area contributed by atoms with Crippen LogP contribution >= 0.6 is 11.8 Å². The molecule has 0 aromatic heterocycles. The van der Waals surface area contributed by atoms with Gasteiger partial charge in [-0.25, -0.2) is 9.18 Å². The van der Waals surface area contributed by atoms with Crippen molar-refractivity contribution in [2.24, 2.45) is 0 Å². The van der Waals surface area contributed by atoms with Crippen LogP contribution in [0.2, 0.25) is 0 Å². The first-order valence-electron chi connectivity index (χ1n) is 5.89. The summed E-state index contributed by atoms with van der Waals surface area (Å²) in [7, 11) is 0. The Kier molecular flexibility index (Phi) is 3.80. The number of halogens is 1. The highest BCUT2D eigenvalue weighted by molar-refractivity contribution is 8.00. The lowest BCUT2D eigenvalue weighted by Crippen LogP contribution is -2.40. The Hall–Kier alpha value is -1.23. The lowest BCUT2D eigenvalue weighted by Gasteiger charge is -2.40. The average molecular weight is 269 g/mol. The zero-order valence-corrected chi connectivity index (χ0v) is 11.0. The number of carboxylic acid groups (broad SMARTS) is 1. The smallest absolute Gasteiger partial charge is 0.337 e. The van der Waals surface area contributed by atoms with Crippen molar-refractivity contribution in [3.05, 3.63) is 29.6 Å². The van der Waals surface area contributed by atoms with Gasteiger partial charge in [0, 0.05) is 11.3 Å². The van der Waals surface area contributed by atoms with E-state index in [1.54, 1.807) is 11.8 Å². The molecule has 1 aliphatic carbocycles. The third-order valence-corrected chi connectivity index (χ3v) is 4.95. The van der Waals surface area contributed by atoms with Gasteiger partial charge < -0.3 is 10.4 Å². The maximum Gasteiger partial charge on any atom is 0.337 e. The van der Waals surface area contributed by atoms with Gasteiger partial charge in [0.15, 0.2) is 0 Å². The summed E-state index contributed by atoms with van der Waals surface area (Å²) in [4.78, 5) is 11.0. The normalized spacial score (nSPS) is 17.0. The van der Waals surface area contributed by atoms with E-state index in [0.29, 0.717) is 6.54 Å². The zero-order chi connectivity index (χ0) is 13.2. The predicted octanol–water partition coefficient (Wildman–Crippen LogP) is 3.22. The van der Waals surface area contributed by atoms with Crippen molar-refractivity contribution < 1.29 is 14.3 Å². The van der Waals surface area contributed by atoms with Gasteiger partial charge in [-0.15, -0.1) is 0 Å². The monoisotopic (exact) mass is 269 g/mol. The lowest BCUT2D eigenvalue weighted by atomic mass is 9.84. The molecule has 0 saturated heterocycles. The van der Waals surface area contributed by atoms with Crippen LogP contribution in [0.25, 0.3) is 0 Å².